The van der Waals surface area contributed by atoms with Gasteiger partial charge in [-0.25, -0.2) is 9.78 Å². The predicted molar refractivity (Wildman–Crippen MR) is 138 cm³/mol. The molecule has 0 radical (unpaired) electrons. The van der Waals surface area contributed by atoms with Crippen LogP contribution in [0, 0.1) is 0 Å². The van der Waals surface area contributed by atoms with Gasteiger partial charge >= 0.3 is 6.03 Å². The average Bonchev–Trinajstić information content (AvgIpc) is 3.01. The predicted octanol–water partition coefficient (Wildman–Crippen LogP) is 4.23. The molecule has 0 atom stereocenters. The van der Waals surface area contributed by atoms with Gasteiger partial charge < -0.3 is 16.0 Å². The highest BCUT2D eigenvalue weighted by molar-refractivity contribution is 6.33. The molecule has 0 unspecified atom stereocenters. The molecule has 1 aliphatic heterocycles. The van der Waals surface area contributed by atoms with Crippen LogP contribution in [0.4, 0.5) is 16.3 Å². The fourth-order valence-corrected chi connectivity index (χ4v) is 5.29. The molecule has 184 valence electrons. The van der Waals surface area contributed by atoms with Crippen molar-refractivity contribution in [1.29, 1.82) is 0 Å². The van der Waals surface area contributed by atoms with Crippen LogP contribution in [-0.2, 0) is 9.59 Å². The average molecular weight is 505 g/mol. The number of nitrogen functional groups attached to an aromatic ring is 1. The number of fused-ring (bicyclic) bond motifs is 1. The summed E-state index contributed by atoms with van der Waals surface area (Å²) in [6.45, 7) is 0. The normalized spacial score (nSPS) is 19.9. The number of allylic oxidation sites excluding steroid dienone is 1. The summed E-state index contributed by atoms with van der Waals surface area (Å²) in [5, 5.41) is 4.95. The number of imide groups is 1. The van der Waals surface area contributed by atoms with Crippen LogP contribution in [0.5, 0.6) is 0 Å². The number of nitrogens with zero attached hydrogens (tertiary/aromatic N) is 4. The van der Waals surface area contributed by atoms with Gasteiger partial charge in [-0.3, -0.25) is 19.5 Å². The van der Waals surface area contributed by atoms with E-state index >= 15 is 0 Å². The van der Waals surface area contributed by atoms with Crippen LogP contribution in [0.3, 0.4) is 0 Å². The monoisotopic (exact) mass is 504 g/mol. The van der Waals surface area contributed by atoms with Gasteiger partial charge in [-0.2, -0.15) is 0 Å². The van der Waals surface area contributed by atoms with Gasteiger partial charge in [0.25, 0.3) is 5.91 Å². The molecule has 2 aliphatic rings. The Morgan fingerprint density at radius 1 is 1.17 bits per heavy atom. The van der Waals surface area contributed by atoms with E-state index in [-0.39, 0.29) is 17.8 Å². The molecule has 5 rings (SSSR count). The summed E-state index contributed by atoms with van der Waals surface area (Å²) in [5.41, 5.74) is 8.49. The van der Waals surface area contributed by atoms with E-state index in [4.69, 9.17) is 17.3 Å². The van der Waals surface area contributed by atoms with Gasteiger partial charge in [0.15, 0.2) is 0 Å². The Morgan fingerprint density at radius 3 is 2.58 bits per heavy atom. The lowest BCUT2D eigenvalue weighted by Crippen LogP contribution is -2.49. The molecule has 1 aromatic carbocycles. The molecule has 0 bridgehead atoms. The molecule has 3 aromatic rings. The lowest BCUT2D eigenvalue weighted by molar-refractivity contribution is -0.133. The van der Waals surface area contributed by atoms with Crippen LogP contribution in [0.2, 0.25) is 5.02 Å². The van der Waals surface area contributed by atoms with Gasteiger partial charge in [-0.05, 0) is 60.9 Å². The van der Waals surface area contributed by atoms with E-state index in [0.29, 0.717) is 42.2 Å². The molecule has 3 heterocycles. The third-order valence-corrected chi connectivity index (χ3v) is 7.50. The van der Waals surface area contributed by atoms with Crippen LogP contribution in [-0.4, -0.2) is 57.2 Å². The highest BCUT2D eigenvalue weighted by Crippen LogP contribution is 2.41. The largest absolute Gasteiger partial charge is 0.398 e. The lowest BCUT2D eigenvalue weighted by atomic mass is 9.78. The van der Waals surface area contributed by atoms with Crippen molar-refractivity contribution in [3.8, 4) is 11.1 Å². The molecule has 1 spiro atoms. The van der Waals surface area contributed by atoms with Crippen molar-refractivity contribution in [2.24, 2.45) is 0 Å². The number of urea groups is 1. The third-order valence-electron chi connectivity index (χ3n) is 7.17. The second-order valence-electron chi connectivity index (χ2n) is 9.24. The Bertz CT molecular complexity index is 1440. The number of carbonyl (C=O) groups excluding carboxylic acids is 3. The van der Waals surface area contributed by atoms with Crippen molar-refractivity contribution in [1.82, 2.24) is 19.8 Å². The molecule has 3 N–H and O–H groups in total. The molecule has 2 aromatic heterocycles. The van der Waals surface area contributed by atoms with Gasteiger partial charge in [0, 0.05) is 55.4 Å². The number of halogens is 1. The zero-order valence-electron chi connectivity index (χ0n) is 19.9. The highest BCUT2D eigenvalue weighted by Gasteiger charge is 2.54. The molecular weight excluding hydrogens is 480 g/mol. The van der Waals surface area contributed by atoms with Crippen LogP contribution in [0.1, 0.15) is 25.7 Å². The number of anilines is 2. The molecule has 1 saturated heterocycles. The number of nitrogens with two attached hydrogens (primary N) is 1. The van der Waals surface area contributed by atoms with Crippen molar-refractivity contribution in [2.75, 3.05) is 25.1 Å². The number of benzene rings is 1. The number of hydrogen-bond acceptors (Lipinski definition) is 6. The summed E-state index contributed by atoms with van der Waals surface area (Å²) >= 11 is 6.33. The van der Waals surface area contributed by atoms with Gasteiger partial charge in [-0.15, -0.1) is 0 Å². The SMILES string of the molecule is CN1C(=O)N(C)C2(CCC(=CC(=O)Nc3cc4cc(-c5cnccc5Cl)cc(N)c4cn3)CC2)C1=O. The van der Waals surface area contributed by atoms with E-state index in [1.54, 1.807) is 43.8 Å². The van der Waals surface area contributed by atoms with E-state index in [1.165, 1.54) is 16.8 Å². The Labute approximate surface area is 212 Å². The maximum absolute atomic E-state index is 12.7. The fraction of sp³-hybridized carbons (Fsp3) is 0.269. The van der Waals surface area contributed by atoms with E-state index in [1.807, 2.05) is 12.1 Å². The number of likely N-dealkylation sites (N-methyl/N-ethyl adjacent to an activating group) is 2. The second kappa shape index (κ2) is 8.91. The Kier molecular flexibility index (Phi) is 5.88. The summed E-state index contributed by atoms with van der Waals surface area (Å²) in [4.78, 5) is 48.8. The van der Waals surface area contributed by atoms with Gasteiger partial charge in [0.2, 0.25) is 5.91 Å². The van der Waals surface area contributed by atoms with E-state index in [2.05, 4.69) is 15.3 Å². The van der Waals surface area contributed by atoms with Crippen molar-refractivity contribution in [3.05, 3.63) is 59.5 Å². The first kappa shape index (κ1) is 23.7. The molecule has 9 nitrogen and oxygen atoms in total. The van der Waals surface area contributed by atoms with Crippen LogP contribution in [0.15, 0.2) is 54.5 Å². The van der Waals surface area contributed by atoms with Gasteiger partial charge in [0.05, 0.1) is 5.02 Å². The molecule has 2 fully saturated rings. The first-order valence-corrected chi connectivity index (χ1v) is 11.9. The van der Waals surface area contributed by atoms with Crippen molar-refractivity contribution in [2.45, 2.75) is 31.2 Å². The summed E-state index contributed by atoms with van der Waals surface area (Å²) in [6.07, 6.45) is 8.58. The summed E-state index contributed by atoms with van der Waals surface area (Å²) in [5.74, 6) is -0.0833. The van der Waals surface area contributed by atoms with Crippen LogP contribution < -0.4 is 11.1 Å². The Hall–Kier alpha value is -3.98. The summed E-state index contributed by atoms with van der Waals surface area (Å²) in [6, 6.07) is 6.94. The molecule has 36 heavy (non-hydrogen) atoms. The summed E-state index contributed by atoms with van der Waals surface area (Å²) < 4.78 is 0. The first-order valence-electron chi connectivity index (χ1n) is 11.6. The number of amides is 4. The lowest BCUT2D eigenvalue weighted by Gasteiger charge is -2.36. The zero-order chi connectivity index (χ0) is 25.6. The standard InChI is InChI=1S/C26H25ClN6O3/c1-32-24(35)26(33(2)25(32)36)6-3-15(4-7-26)9-23(34)31-22-12-17-10-16(11-21(28)19(17)14-30-22)18-13-29-8-5-20(18)27/h5,8-14H,3-4,6-7,28H2,1-2H3,(H,30,31,34). The number of aromatic nitrogens is 2. The number of hydrogen-bond donors (Lipinski definition) is 2. The summed E-state index contributed by atoms with van der Waals surface area (Å²) in [7, 11) is 3.17. The molecule has 1 saturated carbocycles. The van der Waals surface area contributed by atoms with E-state index in [0.717, 1.165) is 27.5 Å². The Balaban J connectivity index is 1.32. The second-order valence-corrected chi connectivity index (χ2v) is 9.65. The zero-order valence-corrected chi connectivity index (χ0v) is 20.7. The molecule has 4 amide bonds. The minimum Gasteiger partial charge on any atom is -0.398 e. The van der Waals surface area contributed by atoms with Gasteiger partial charge in [0.1, 0.15) is 11.4 Å². The smallest absolute Gasteiger partial charge is 0.327 e. The number of carbonyl (C=O) groups is 3. The minimum atomic E-state index is -0.811. The Morgan fingerprint density at radius 2 is 1.92 bits per heavy atom. The quantitative estimate of drug-likeness (QED) is 0.312. The van der Waals surface area contributed by atoms with Crippen LogP contribution >= 0.6 is 11.6 Å². The molecular formula is C26H25ClN6O3. The highest BCUT2D eigenvalue weighted by atomic mass is 35.5. The van der Waals surface area contributed by atoms with Crippen molar-refractivity contribution in [3.63, 3.8) is 0 Å². The first-order chi connectivity index (χ1) is 17.2. The molecule has 10 heteroatoms. The number of pyridine rings is 2. The van der Waals surface area contributed by atoms with Crippen molar-refractivity contribution >= 4 is 51.7 Å². The van der Waals surface area contributed by atoms with E-state index < -0.39 is 5.54 Å². The number of rotatable bonds is 3. The maximum Gasteiger partial charge on any atom is 0.327 e. The minimum absolute atomic E-state index is 0.176. The molecule has 1 aliphatic carbocycles. The topological polar surface area (TPSA) is 122 Å². The number of nitrogens with one attached hydrogen (secondary N) is 1. The van der Waals surface area contributed by atoms with E-state index in [9.17, 15) is 14.4 Å². The maximum atomic E-state index is 12.7. The van der Waals surface area contributed by atoms with Crippen LogP contribution in [0.25, 0.3) is 21.9 Å². The fourth-order valence-electron chi connectivity index (χ4n) is 5.08. The van der Waals surface area contributed by atoms with Crippen molar-refractivity contribution < 1.29 is 14.4 Å². The third kappa shape index (κ3) is 3.95. The van der Waals surface area contributed by atoms with Gasteiger partial charge in [-0.1, -0.05) is 17.2 Å².